The Morgan fingerprint density at radius 1 is 1.04 bits per heavy atom. The van der Waals surface area contributed by atoms with Gasteiger partial charge in [-0.25, -0.2) is 4.99 Å². The van der Waals surface area contributed by atoms with Crippen molar-refractivity contribution in [2.24, 2.45) is 4.99 Å². The van der Waals surface area contributed by atoms with Gasteiger partial charge in [0.15, 0.2) is 0 Å². The summed E-state index contributed by atoms with van der Waals surface area (Å²) in [5.74, 6) is 0. The number of nitrogens with zero attached hydrogens (tertiary/aromatic N) is 3. The van der Waals surface area contributed by atoms with Crippen LogP contribution in [0.25, 0.3) is 0 Å². The third-order valence-electron chi connectivity index (χ3n) is 4.37. The van der Waals surface area contributed by atoms with Crippen molar-refractivity contribution in [1.29, 1.82) is 0 Å². The number of pyridine rings is 1. The second-order valence-corrected chi connectivity index (χ2v) is 6.11. The Hall–Kier alpha value is -3.34. The summed E-state index contributed by atoms with van der Waals surface area (Å²) in [4.78, 5) is 19.6. The van der Waals surface area contributed by atoms with Gasteiger partial charge in [0.2, 0.25) is 0 Å². The summed E-state index contributed by atoms with van der Waals surface area (Å²) in [5, 5.41) is 10.9. The van der Waals surface area contributed by atoms with E-state index in [-0.39, 0.29) is 5.69 Å². The molecule has 0 atom stereocenters. The van der Waals surface area contributed by atoms with Gasteiger partial charge in [-0.15, -0.1) is 0 Å². The zero-order valence-corrected chi connectivity index (χ0v) is 13.6. The first kappa shape index (κ1) is 15.2. The number of nitro groups is 1. The van der Waals surface area contributed by atoms with Gasteiger partial charge in [-0.2, -0.15) is 0 Å². The highest BCUT2D eigenvalue weighted by atomic mass is 16.6. The first-order valence-corrected chi connectivity index (χ1v) is 7.98. The molecule has 0 amide bonds. The smallest absolute Gasteiger partial charge is 0.262 e. The van der Waals surface area contributed by atoms with Crippen molar-refractivity contribution in [3.05, 3.63) is 98.9 Å². The van der Waals surface area contributed by atoms with E-state index in [1.807, 2.05) is 13.0 Å². The van der Waals surface area contributed by atoms with Crippen LogP contribution in [-0.4, -0.2) is 15.6 Å². The molecule has 0 radical (unpaired) electrons. The number of benzene rings is 2. The Kier molecular flexibility index (Phi) is 3.61. The molecule has 0 N–H and O–H groups in total. The summed E-state index contributed by atoms with van der Waals surface area (Å²) in [7, 11) is 0. The summed E-state index contributed by atoms with van der Waals surface area (Å²) in [6, 6.07) is 14.9. The van der Waals surface area contributed by atoms with Gasteiger partial charge in [-0.3, -0.25) is 15.1 Å². The van der Waals surface area contributed by atoms with Crippen LogP contribution >= 0.6 is 0 Å². The lowest BCUT2D eigenvalue weighted by Crippen LogP contribution is -2.06. The number of fused-ring (bicyclic) bond motifs is 2. The zero-order chi connectivity index (χ0) is 17.4. The van der Waals surface area contributed by atoms with Crippen LogP contribution in [0.2, 0.25) is 0 Å². The number of hydrogen-bond acceptors (Lipinski definition) is 4. The van der Waals surface area contributed by atoms with Crippen molar-refractivity contribution < 1.29 is 4.92 Å². The predicted molar refractivity (Wildman–Crippen MR) is 96.6 cm³/mol. The van der Waals surface area contributed by atoms with E-state index in [0.717, 1.165) is 40.1 Å². The fraction of sp³-hybridized carbons (Fsp3) is 0.100. The molecule has 0 spiro atoms. The zero-order valence-electron chi connectivity index (χ0n) is 13.6. The second-order valence-electron chi connectivity index (χ2n) is 6.11. The lowest BCUT2D eigenvalue weighted by Gasteiger charge is -2.11. The topological polar surface area (TPSA) is 68.4 Å². The Labute approximate surface area is 144 Å². The van der Waals surface area contributed by atoms with Crippen LogP contribution in [0.5, 0.6) is 0 Å². The largest absolute Gasteiger partial charge is 0.269 e. The van der Waals surface area contributed by atoms with Gasteiger partial charge < -0.3 is 0 Å². The van der Waals surface area contributed by atoms with Crippen LogP contribution in [0.1, 0.15) is 27.8 Å². The summed E-state index contributed by atoms with van der Waals surface area (Å²) < 4.78 is 0. The summed E-state index contributed by atoms with van der Waals surface area (Å²) in [6.45, 7) is 2.05. The van der Waals surface area contributed by atoms with Crippen LogP contribution < -0.4 is 0 Å². The molecule has 0 saturated heterocycles. The average molecular weight is 329 g/mol. The molecule has 3 aromatic rings. The molecule has 0 unspecified atom stereocenters. The summed E-state index contributed by atoms with van der Waals surface area (Å²) in [5.41, 5.74) is 7.11. The second kappa shape index (κ2) is 5.94. The highest BCUT2D eigenvalue weighted by Crippen LogP contribution is 2.30. The van der Waals surface area contributed by atoms with E-state index in [9.17, 15) is 10.1 Å². The highest BCUT2D eigenvalue weighted by molar-refractivity contribution is 6.15. The third kappa shape index (κ3) is 2.80. The van der Waals surface area contributed by atoms with Gasteiger partial charge in [0.25, 0.3) is 5.69 Å². The van der Waals surface area contributed by atoms with Crippen LogP contribution in [0.15, 0.2) is 65.9 Å². The molecule has 5 nitrogen and oxygen atoms in total. The van der Waals surface area contributed by atoms with Crippen molar-refractivity contribution in [2.45, 2.75) is 13.3 Å². The fourth-order valence-corrected chi connectivity index (χ4v) is 3.08. The molecule has 0 saturated carbocycles. The van der Waals surface area contributed by atoms with E-state index in [1.165, 1.54) is 17.7 Å². The van der Waals surface area contributed by atoms with Crippen molar-refractivity contribution in [3.8, 4) is 0 Å². The standard InChI is InChI=1S/C20H15N3O2/c1-13-2-3-15-11-16-8-9-21-12-19(16)22-20(18(15)10-13)14-4-6-17(7-5-14)23(24)25/h2-10,12H,11H2,1H3. The molecule has 0 bridgehead atoms. The normalized spacial score (nSPS) is 12.6. The van der Waals surface area contributed by atoms with Crippen LogP contribution in [0.4, 0.5) is 11.4 Å². The van der Waals surface area contributed by atoms with Gasteiger partial charge in [0.05, 0.1) is 22.5 Å². The minimum atomic E-state index is -0.393. The Morgan fingerprint density at radius 2 is 1.84 bits per heavy atom. The molecule has 1 aliphatic rings. The molecular weight excluding hydrogens is 314 g/mol. The number of aryl methyl sites for hydroxylation is 1. The van der Waals surface area contributed by atoms with Crippen LogP contribution in [-0.2, 0) is 6.42 Å². The number of nitro benzene ring substituents is 1. The molecule has 0 fully saturated rings. The van der Waals surface area contributed by atoms with E-state index >= 15 is 0 Å². The lowest BCUT2D eigenvalue weighted by molar-refractivity contribution is -0.384. The quantitative estimate of drug-likeness (QED) is 0.405. The van der Waals surface area contributed by atoms with E-state index in [0.29, 0.717) is 0 Å². The molecule has 1 aliphatic heterocycles. The monoisotopic (exact) mass is 329 g/mol. The molecule has 2 aromatic carbocycles. The third-order valence-corrected chi connectivity index (χ3v) is 4.37. The molecule has 1 aromatic heterocycles. The van der Waals surface area contributed by atoms with Crippen molar-refractivity contribution >= 4 is 17.1 Å². The molecule has 0 aliphatic carbocycles. The highest BCUT2D eigenvalue weighted by Gasteiger charge is 2.19. The lowest BCUT2D eigenvalue weighted by atomic mass is 9.93. The molecular formula is C20H15N3O2. The number of aliphatic imine (C=N–C) groups is 1. The van der Waals surface area contributed by atoms with Crippen molar-refractivity contribution in [1.82, 2.24) is 4.98 Å². The molecule has 2 heterocycles. The van der Waals surface area contributed by atoms with Crippen molar-refractivity contribution in [3.63, 3.8) is 0 Å². The van der Waals surface area contributed by atoms with Crippen LogP contribution in [0.3, 0.4) is 0 Å². The number of aromatic nitrogens is 1. The summed E-state index contributed by atoms with van der Waals surface area (Å²) >= 11 is 0. The minimum absolute atomic E-state index is 0.0736. The molecule has 5 heteroatoms. The maximum absolute atomic E-state index is 10.9. The minimum Gasteiger partial charge on any atom is -0.262 e. The number of rotatable bonds is 2. The fourth-order valence-electron chi connectivity index (χ4n) is 3.08. The first-order chi connectivity index (χ1) is 12.1. The maximum atomic E-state index is 10.9. The Bertz CT molecular complexity index is 1010. The Balaban J connectivity index is 1.93. The maximum Gasteiger partial charge on any atom is 0.269 e. The first-order valence-electron chi connectivity index (χ1n) is 7.98. The van der Waals surface area contributed by atoms with Gasteiger partial charge in [0.1, 0.15) is 0 Å². The molecule has 4 rings (SSSR count). The van der Waals surface area contributed by atoms with Gasteiger partial charge in [-0.1, -0.05) is 17.7 Å². The van der Waals surface area contributed by atoms with Gasteiger partial charge in [-0.05, 0) is 42.3 Å². The van der Waals surface area contributed by atoms with Crippen molar-refractivity contribution in [2.75, 3.05) is 0 Å². The SMILES string of the molecule is Cc1ccc2c(c1)C(c1ccc([N+](=O)[O-])cc1)=Nc1cnccc1C2. The van der Waals surface area contributed by atoms with Gasteiger partial charge in [0, 0.05) is 35.9 Å². The van der Waals surface area contributed by atoms with E-state index < -0.39 is 4.92 Å². The number of hydrogen-bond donors (Lipinski definition) is 0. The van der Waals surface area contributed by atoms with E-state index in [1.54, 1.807) is 24.5 Å². The van der Waals surface area contributed by atoms with Gasteiger partial charge >= 0.3 is 0 Å². The predicted octanol–water partition coefficient (Wildman–Crippen LogP) is 4.37. The molecule has 122 valence electrons. The number of non-ortho nitro benzene ring substituents is 1. The van der Waals surface area contributed by atoms with Crippen LogP contribution in [0, 0.1) is 17.0 Å². The Morgan fingerprint density at radius 3 is 2.60 bits per heavy atom. The average Bonchev–Trinajstić information content (AvgIpc) is 2.78. The summed E-state index contributed by atoms with van der Waals surface area (Å²) in [6.07, 6.45) is 4.33. The molecule has 25 heavy (non-hydrogen) atoms. The van der Waals surface area contributed by atoms with E-state index in [2.05, 4.69) is 23.2 Å². The van der Waals surface area contributed by atoms with E-state index in [4.69, 9.17) is 4.99 Å².